The molecule has 0 bridgehead atoms. The van der Waals surface area contributed by atoms with Crippen molar-refractivity contribution in [3.63, 3.8) is 0 Å². The number of nitrogens with zero attached hydrogens (tertiary/aromatic N) is 2. The smallest absolute Gasteiger partial charge is 0.352 e. The predicted molar refractivity (Wildman–Crippen MR) is 78.4 cm³/mol. The van der Waals surface area contributed by atoms with E-state index in [2.05, 4.69) is 4.72 Å². The number of carbonyl (C=O) groups is 1. The summed E-state index contributed by atoms with van der Waals surface area (Å²) in [5.74, 6) is -0.962. The van der Waals surface area contributed by atoms with Gasteiger partial charge in [-0.2, -0.15) is 17.4 Å². The summed E-state index contributed by atoms with van der Waals surface area (Å²) in [5.41, 5.74) is 0.247. The summed E-state index contributed by atoms with van der Waals surface area (Å²) < 4.78 is 29.9. The molecule has 8 heteroatoms. The zero-order valence-electron chi connectivity index (χ0n) is 12.2. The predicted octanol–water partition coefficient (Wildman–Crippen LogP) is 1.07. The first kappa shape index (κ1) is 16.0. The van der Waals surface area contributed by atoms with Gasteiger partial charge < -0.3 is 9.67 Å². The second-order valence-electron chi connectivity index (χ2n) is 5.51. The summed E-state index contributed by atoms with van der Waals surface area (Å²) in [7, 11) is -3.44. The molecule has 0 aromatic carbocycles. The number of aromatic nitrogens is 1. The third kappa shape index (κ3) is 3.63. The van der Waals surface area contributed by atoms with Gasteiger partial charge in [-0.25, -0.2) is 4.79 Å². The van der Waals surface area contributed by atoms with E-state index in [-0.39, 0.29) is 17.8 Å². The molecule has 0 spiro atoms. The third-order valence-corrected chi connectivity index (χ3v) is 5.35. The summed E-state index contributed by atoms with van der Waals surface area (Å²) in [6.07, 6.45) is 2.95. The SMILES string of the molecule is CC(C)NS(=O)(=O)N1CCC(n2cccc2C(=O)O)CC1. The highest BCUT2D eigenvalue weighted by Crippen LogP contribution is 2.25. The lowest BCUT2D eigenvalue weighted by Crippen LogP contribution is -2.47. The zero-order valence-corrected chi connectivity index (χ0v) is 13.0. The van der Waals surface area contributed by atoms with Crippen LogP contribution in [0, 0.1) is 0 Å². The summed E-state index contributed by atoms with van der Waals surface area (Å²) in [6, 6.07) is 3.14. The summed E-state index contributed by atoms with van der Waals surface area (Å²) in [5, 5.41) is 9.13. The molecule has 118 valence electrons. The van der Waals surface area contributed by atoms with E-state index in [0.717, 1.165) is 0 Å². The Morgan fingerprint density at radius 1 is 1.38 bits per heavy atom. The van der Waals surface area contributed by atoms with E-state index in [9.17, 15) is 13.2 Å². The molecule has 0 unspecified atom stereocenters. The molecule has 1 saturated heterocycles. The van der Waals surface area contributed by atoms with Crippen LogP contribution in [0.5, 0.6) is 0 Å². The molecule has 2 heterocycles. The number of aromatic carboxylic acids is 1. The number of nitrogens with one attached hydrogen (secondary N) is 1. The second-order valence-corrected chi connectivity index (χ2v) is 7.22. The number of carboxylic acids is 1. The van der Waals surface area contributed by atoms with Crippen molar-refractivity contribution in [2.45, 2.75) is 38.8 Å². The Labute approximate surface area is 124 Å². The van der Waals surface area contributed by atoms with Gasteiger partial charge >= 0.3 is 5.97 Å². The molecule has 21 heavy (non-hydrogen) atoms. The maximum absolute atomic E-state index is 12.1. The van der Waals surface area contributed by atoms with Crippen molar-refractivity contribution in [2.24, 2.45) is 0 Å². The minimum absolute atomic E-state index is 0.0246. The highest BCUT2D eigenvalue weighted by molar-refractivity contribution is 7.87. The maximum Gasteiger partial charge on any atom is 0.352 e. The van der Waals surface area contributed by atoms with Crippen molar-refractivity contribution in [3.8, 4) is 0 Å². The van der Waals surface area contributed by atoms with E-state index < -0.39 is 16.2 Å². The zero-order chi connectivity index (χ0) is 15.6. The Bertz CT molecular complexity index is 601. The van der Waals surface area contributed by atoms with Crippen LogP contribution >= 0.6 is 0 Å². The van der Waals surface area contributed by atoms with E-state index in [4.69, 9.17) is 5.11 Å². The van der Waals surface area contributed by atoms with E-state index in [1.807, 2.05) is 0 Å². The Morgan fingerprint density at radius 2 is 2.00 bits per heavy atom. The standard InChI is InChI=1S/C13H21N3O4S/c1-10(2)14-21(19,20)15-8-5-11(6-9-15)16-7-3-4-12(16)13(17)18/h3-4,7,10-11,14H,5-6,8-9H2,1-2H3,(H,17,18). The van der Waals surface area contributed by atoms with Gasteiger partial charge in [0, 0.05) is 31.4 Å². The highest BCUT2D eigenvalue weighted by Gasteiger charge is 2.29. The van der Waals surface area contributed by atoms with Crippen LogP contribution < -0.4 is 4.72 Å². The molecule has 1 fully saturated rings. The van der Waals surface area contributed by atoms with Gasteiger partial charge in [0.25, 0.3) is 10.2 Å². The number of hydrogen-bond acceptors (Lipinski definition) is 3. The van der Waals surface area contributed by atoms with Crippen LogP contribution in [0.2, 0.25) is 0 Å². The molecule has 1 aliphatic rings. The molecular weight excluding hydrogens is 294 g/mol. The average molecular weight is 315 g/mol. The van der Waals surface area contributed by atoms with Crippen LogP contribution in [-0.2, 0) is 10.2 Å². The molecule has 2 N–H and O–H groups in total. The quantitative estimate of drug-likeness (QED) is 0.850. The van der Waals surface area contributed by atoms with Crippen molar-refractivity contribution in [1.82, 2.24) is 13.6 Å². The van der Waals surface area contributed by atoms with Gasteiger partial charge in [0.15, 0.2) is 0 Å². The van der Waals surface area contributed by atoms with Crippen molar-refractivity contribution in [1.29, 1.82) is 0 Å². The van der Waals surface area contributed by atoms with Crippen molar-refractivity contribution in [3.05, 3.63) is 24.0 Å². The van der Waals surface area contributed by atoms with Gasteiger partial charge in [-0.15, -0.1) is 0 Å². The van der Waals surface area contributed by atoms with Gasteiger partial charge in [-0.05, 0) is 38.8 Å². The van der Waals surface area contributed by atoms with Crippen LogP contribution in [0.25, 0.3) is 0 Å². The van der Waals surface area contributed by atoms with Gasteiger partial charge in [0.1, 0.15) is 5.69 Å². The highest BCUT2D eigenvalue weighted by atomic mass is 32.2. The van der Waals surface area contributed by atoms with E-state index >= 15 is 0 Å². The fourth-order valence-corrected chi connectivity index (χ4v) is 4.06. The second kappa shape index (κ2) is 6.17. The van der Waals surface area contributed by atoms with Gasteiger partial charge in [0.2, 0.25) is 0 Å². The lowest BCUT2D eigenvalue weighted by Gasteiger charge is -2.32. The average Bonchev–Trinajstić information content (AvgIpc) is 2.86. The molecule has 7 nitrogen and oxygen atoms in total. The first-order valence-electron chi connectivity index (χ1n) is 6.99. The fraction of sp³-hybridized carbons (Fsp3) is 0.615. The minimum atomic E-state index is -3.44. The molecule has 0 aliphatic carbocycles. The van der Waals surface area contributed by atoms with Crippen LogP contribution in [-0.4, -0.2) is 47.5 Å². The molecule has 1 aromatic heterocycles. The van der Waals surface area contributed by atoms with Crippen molar-refractivity contribution in [2.75, 3.05) is 13.1 Å². The summed E-state index contributed by atoms with van der Waals surface area (Å²) in [4.78, 5) is 11.1. The third-order valence-electron chi connectivity index (χ3n) is 3.54. The van der Waals surface area contributed by atoms with Crippen molar-refractivity contribution >= 4 is 16.2 Å². The van der Waals surface area contributed by atoms with Crippen LogP contribution in [0.3, 0.4) is 0 Å². The normalized spacial score (nSPS) is 18.2. The van der Waals surface area contributed by atoms with Gasteiger partial charge in [-0.3, -0.25) is 0 Å². The molecule has 0 atom stereocenters. The Morgan fingerprint density at radius 3 is 2.52 bits per heavy atom. The molecule has 1 aliphatic heterocycles. The summed E-state index contributed by atoms with van der Waals surface area (Å²) in [6.45, 7) is 4.35. The largest absolute Gasteiger partial charge is 0.477 e. The number of piperidine rings is 1. The maximum atomic E-state index is 12.1. The monoisotopic (exact) mass is 315 g/mol. The van der Waals surface area contributed by atoms with Crippen LogP contribution in [0.4, 0.5) is 0 Å². The molecule has 0 amide bonds. The van der Waals surface area contributed by atoms with Crippen LogP contribution in [0.1, 0.15) is 43.2 Å². The molecular formula is C13H21N3O4S. The molecule has 1 aromatic rings. The Kier molecular flexibility index (Phi) is 4.70. The topological polar surface area (TPSA) is 91.6 Å². The molecule has 0 radical (unpaired) electrons. The van der Waals surface area contributed by atoms with E-state index in [0.29, 0.717) is 25.9 Å². The number of hydrogen-bond donors (Lipinski definition) is 2. The van der Waals surface area contributed by atoms with E-state index in [1.54, 1.807) is 36.7 Å². The first-order valence-corrected chi connectivity index (χ1v) is 8.43. The van der Waals surface area contributed by atoms with Gasteiger partial charge in [-0.1, -0.05) is 0 Å². The Hall–Kier alpha value is -1.38. The first-order chi connectivity index (χ1) is 9.81. The molecule has 0 saturated carbocycles. The Balaban J connectivity index is 2.04. The van der Waals surface area contributed by atoms with Gasteiger partial charge in [0.05, 0.1) is 0 Å². The van der Waals surface area contributed by atoms with E-state index in [1.165, 1.54) is 4.31 Å². The number of carboxylic acid groups (broad SMARTS) is 1. The summed E-state index contributed by atoms with van der Waals surface area (Å²) >= 11 is 0. The fourth-order valence-electron chi connectivity index (χ4n) is 2.63. The van der Waals surface area contributed by atoms with Crippen molar-refractivity contribution < 1.29 is 18.3 Å². The molecule has 2 rings (SSSR count). The number of rotatable bonds is 5. The minimum Gasteiger partial charge on any atom is -0.477 e. The lowest BCUT2D eigenvalue weighted by molar-refractivity contribution is 0.0680. The van der Waals surface area contributed by atoms with Crippen LogP contribution in [0.15, 0.2) is 18.3 Å². The lowest BCUT2D eigenvalue weighted by atomic mass is 10.1.